The van der Waals surface area contributed by atoms with Crippen molar-refractivity contribution in [2.24, 2.45) is 0 Å². The summed E-state index contributed by atoms with van der Waals surface area (Å²) >= 11 is 6.21. The van der Waals surface area contributed by atoms with Gasteiger partial charge in [0, 0.05) is 18.2 Å². The molecule has 1 atom stereocenters. The lowest BCUT2D eigenvalue weighted by Gasteiger charge is -2.19. The third-order valence-electron chi connectivity index (χ3n) is 2.89. The van der Waals surface area contributed by atoms with E-state index in [9.17, 15) is 4.79 Å². The molecule has 1 aromatic rings. The molecule has 0 aromatic heterocycles. The number of halogens is 1. The molecule has 21 heavy (non-hydrogen) atoms. The molecule has 1 unspecified atom stereocenters. The predicted octanol–water partition coefficient (Wildman–Crippen LogP) is 3.13. The first-order chi connectivity index (χ1) is 9.95. The Morgan fingerprint density at radius 3 is 2.67 bits per heavy atom. The summed E-state index contributed by atoms with van der Waals surface area (Å²) in [6, 6.07) is 5.70. The zero-order valence-corrected chi connectivity index (χ0v) is 14.0. The van der Waals surface area contributed by atoms with Crippen molar-refractivity contribution in [3.63, 3.8) is 0 Å². The Labute approximate surface area is 132 Å². The van der Waals surface area contributed by atoms with Crippen LogP contribution in [0.5, 0.6) is 5.75 Å². The van der Waals surface area contributed by atoms with Crippen LogP contribution >= 0.6 is 11.6 Å². The molecular formula is C16H25ClN2O2. The summed E-state index contributed by atoms with van der Waals surface area (Å²) in [6.07, 6.45) is 0.474. The van der Waals surface area contributed by atoms with Crippen molar-refractivity contribution < 1.29 is 9.53 Å². The standard InChI is InChI=1S/C16H25ClN2O2/c1-5-9-18-10-13-7-6-8-14(17)15(13)21-12(4)16(20)19-11(2)3/h6-8,11-12,18H,5,9-10H2,1-4H3,(H,19,20). The molecule has 0 radical (unpaired) electrons. The average molecular weight is 313 g/mol. The van der Waals surface area contributed by atoms with Crippen molar-refractivity contribution in [1.29, 1.82) is 0 Å². The third kappa shape index (κ3) is 5.94. The number of benzene rings is 1. The lowest BCUT2D eigenvalue weighted by molar-refractivity contribution is -0.127. The number of para-hydroxylation sites is 1. The Hall–Kier alpha value is -1.26. The lowest BCUT2D eigenvalue weighted by atomic mass is 10.2. The Morgan fingerprint density at radius 2 is 2.05 bits per heavy atom. The van der Waals surface area contributed by atoms with Crippen molar-refractivity contribution in [3.8, 4) is 5.75 Å². The van der Waals surface area contributed by atoms with E-state index < -0.39 is 6.10 Å². The molecule has 0 aliphatic rings. The van der Waals surface area contributed by atoms with E-state index in [1.165, 1.54) is 0 Å². The van der Waals surface area contributed by atoms with Gasteiger partial charge < -0.3 is 15.4 Å². The molecule has 0 heterocycles. The highest BCUT2D eigenvalue weighted by atomic mass is 35.5. The number of rotatable bonds is 8. The Morgan fingerprint density at radius 1 is 1.33 bits per heavy atom. The van der Waals surface area contributed by atoms with Gasteiger partial charge in [0.1, 0.15) is 5.75 Å². The molecule has 0 bridgehead atoms. The molecule has 1 amide bonds. The number of carbonyl (C=O) groups excluding carboxylic acids is 1. The van der Waals surface area contributed by atoms with Gasteiger partial charge in [0.15, 0.2) is 6.10 Å². The fraction of sp³-hybridized carbons (Fsp3) is 0.562. The van der Waals surface area contributed by atoms with Crippen LogP contribution in [0.15, 0.2) is 18.2 Å². The second-order valence-corrected chi connectivity index (χ2v) is 5.74. The molecule has 0 spiro atoms. The van der Waals surface area contributed by atoms with Crippen LogP contribution in [0.2, 0.25) is 5.02 Å². The summed E-state index contributed by atoms with van der Waals surface area (Å²) in [5.41, 5.74) is 0.958. The van der Waals surface area contributed by atoms with Crippen molar-refractivity contribution in [2.75, 3.05) is 6.54 Å². The fourth-order valence-corrected chi connectivity index (χ4v) is 2.10. The molecule has 2 N–H and O–H groups in total. The van der Waals surface area contributed by atoms with Crippen molar-refractivity contribution in [3.05, 3.63) is 28.8 Å². The van der Waals surface area contributed by atoms with E-state index in [1.807, 2.05) is 26.0 Å². The molecule has 1 rings (SSSR count). The number of amides is 1. The molecule has 0 saturated carbocycles. The second-order valence-electron chi connectivity index (χ2n) is 5.33. The van der Waals surface area contributed by atoms with Gasteiger partial charge in [0.25, 0.3) is 5.91 Å². The Balaban J connectivity index is 2.78. The minimum Gasteiger partial charge on any atom is -0.479 e. The van der Waals surface area contributed by atoms with E-state index in [1.54, 1.807) is 13.0 Å². The van der Waals surface area contributed by atoms with Crippen molar-refractivity contribution in [1.82, 2.24) is 10.6 Å². The highest BCUT2D eigenvalue weighted by Crippen LogP contribution is 2.29. The van der Waals surface area contributed by atoms with Gasteiger partial charge in [-0.1, -0.05) is 30.7 Å². The van der Waals surface area contributed by atoms with Crippen molar-refractivity contribution in [2.45, 2.75) is 52.8 Å². The van der Waals surface area contributed by atoms with Crippen LogP contribution in [-0.4, -0.2) is 24.6 Å². The molecule has 4 nitrogen and oxygen atoms in total. The van der Waals surface area contributed by atoms with Crippen LogP contribution in [0.4, 0.5) is 0 Å². The summed E-state index contributed by atoms with van der Waals surface area (Å²) in [6.45, 7) is 9.27. The van der Waals surface area contributed by atoms with Gasteiger partial charge >= 0.3 is 0 Å². The molecule has 0 fully saturated rings. The highest BCUT2D eigenvalue weighted by molar-refractivity contribution is 6.32. The summed E-state index contributed by atoms with van der Waals surface area (Å²) in [5, 5.41) is 6.67. The first-order valence-corrected chi connectivity index (χ1v) is 7.78. The maximum Gasteiger partial charge on any atom is 0.260 e. The normalized spacial score (nSPS) is 12.3. The second kappa shape index (κ2) is 8.90. The minimum atomic E-state index is -0.586. The van der Waals surface area contributed by atoms with Gasteiger partial charge in [-0.05, 0) is 39.8 Å². The summed E-state index contributed by atoms with van der Waals surface area (Å²) < 4.78 is 5.79. The summed E-state index contributed by atoms with van der Waals surface area (Å²) in [7, 11) is 0. The largest absolute Gasteiger partial charge is 0.479 e. The topological polar surface area (TPSA) is 50.4 Å². The van der Waals surface area contributed by atoms with Crippen molar-refractivity contribution >= 4 is 17.5 Å². The van der Waals surface area contributed by atoms with Gasteiger partial charge in [-0.25, -0.2) is 0 Å². The molecule has 0 aliphatic carbocycles. The monoisotopic (exact) mass is 312 g/mol. The van der Waals surface area contributed by atoms with Crippen LogP contribution in [0.1, 0.15) is 39.7 Å². The van der Waals surface area contributed by atoms with E-state index in [0.717, 1.165) is 18.5 Å². The first-order valence-electron chi connectivity index (χ1n) is 7.40. The number of hydrogen-bond donors (Lipinski definition) is 2. The number of carbonyl (C=O) groups is 1. The molecule has 5 heteroatoms. The average Bonchev–Trinajstić information content (AvgIpc) is 2.41. The summed E-state index contributed by atoms with van der Waals surface area (Å²) in [4.78, 5) is 11.9. The van der Waals surface area contributed by atoms with Gasteiger partial charge in [0.05, 0.1) is 5.02 Å². The number of nitrogens with one attached hydrogen (secondary N) is 2. The maximum atomic E-state index is 11.9. The third-order valence-corrected chi connectivity index (χ3v) is 3.18. The van der Waals surface area contributed by atoms with Gasteiger partial charge in [-0.3, -0.25) is 4.79 Å². The first kappa shape index (κ1) is 17.8. The van der Waals surface area contributed by atoms with Crippen LogP contribution in [-0.2, 0) is 11.3 Å². The van der Waals surface area contributed by atoms with E-state index >= 15 is 0 Å². The smallest absolute Gasteiger partial charge is 0.260 e. The molecule has 1 aromatic carbocycles. The van der Waals surface area contributed by atoms with Crippen LogP contribution < -0.4 is 15.4 Å². The Kier molecular flexibility index (Phi) is 7.54. The fourth-order valence-electron chi connectivity index (χ4n) is 1.86. The zero-order valence-electron chi connectivity index (χ0n) is 13.2. The Bertz CT molecular complexity index is 464. The molecule has 118 valence electrons. The van der Waals surface area contributed by atoms with E-state index in [2.05, 4.69) is 17.6 Å². The summed E-state index contributed by atoms with van der Waals surface area (Å²) in [5.74, 6) is 0.437. The van der Waals surface area contributed by atoms with E-state index in [-0.39, 0.29) is 11.9 Å². The van der Waals surface area contributed by atoms with E-state index in [4.69, 9.17) is 16.3 Å². The predicted molar refractivity (Wildman–Crippen MR) is 86.8 cm³/mol. The SMILES string of the molecule is CCCNCc1cccc(Cl)c1OC(C)C(=O)NC(C)C. The van der Waals surface area contributed by atoms with E-state index in [0.29, 0.717) is 17.3 Å². The zero-order chi connectivity index (χ0) is 15.8. The highest BCUT2D eigenvalue weighted by Gasteiger charge is 2.18. The lowest BCUT2D eigenvalue weighted by Crippen LogP contribution is -2.40. The quantitative estimate of drug-likeness (QED) is 0.725. The molecule has 0 saturated heterocycles. The number of ether oxygens (including phenoxy) is 1. The number of hydrogen-bond acceptors (Lipinski definition) is 3. The van der Waals surface area contributed by atoms with Gasteiger partial charge in [-0.15, -0.1) is 0 Å². The van der Waals surface area contributed by atoms with Gasteiger partial charge in [-0.2, -0.15) is 0 Å². The molecule has 0 aliphatic heterocycles. The van der Waals surface area contributed by atoms with Crippen LogP contribution in [0.25, 0.3) is 0 Å². The minimum absolute atomic E-state index is 0.0838. The molecular weight excluding hydrogens is 288 g/mol. The van der Waals surface area contributed by atoms with Crippen LogP contribution in [0, 0.1) is 0 Å². The van der Waals surface area contributed by atoms with Crippen LogP contribution in [0.3, 0.4) is 0 Å². The maximum absolute atomic E-state index is 11.9. The van der Waals surface area contributed by atoms with Gasteiger partial charge in [0.2, 0.25) is 0 Å².